The Bertz CT molecular complexity index is 1140. The summed E-state index contributed by atoms with van der Waals surface area (Å²) in [6.07, 6.45) is 0.737. The molecule has 0 radical (unpaired) electrons. The molecule has 8 heteroatoms. The number of ether oxygens (including phenoxy) is 1. The fraction of sp³-hybridized carbons (Fsp3) is 0.391. The van der Waals surface area contributed by atoms with Crippen LogP contribution in [0, 0.1) is 6.92 Å². The van der Waals surface area contributed by atoms with Crippen molar-refractivity contribution in [3.63, 3.8) is 0 Å². The van der Waals surface area contributed by atoms with Crippen molar-refractivity contribution in [1.29, 1.82) is 0 Å². The van der Waals surface area contributed by atoms with Crippen LogP contribution in [-0.2, 0) is 6.42 Å². The molecule has 1 aromatic carbocycles. The Balaban J connectivity index is 1.30. The molecule has 31 heavy (non-hydrogen) atoms. The number of pyridine rings is 1. The molecule has 2 aliphatic rings. The number of aryl methyl sites for hydroxylation is 1. The molecule has 1 amide bonds. The maximum absolute atomic E-state index is 12.9. The van der Waals surface area contributed by atoms with Crippen molar-refractivity contribution in [1.82, 2.24) is 15.6 Å². The zero-order valence-corrected chi connectivity index (χ0v) is 18.6. The monoisotopic (exact) mass is 437 g/mol. The van der Waals surface area contributed by atoms with Crippen LogP contribution in [0.15, 0.2) is 30.3 Å². The molecule has 5 rings (SSSR count). The lowest BCUT2D eigenvalue weighted by atomic mass is 10.0. The number of nitrogen functional groups attached to an aromatic ring is 1. The topological polar surface area (TPSA) is 92.5 Å². The predicted octanol–water partition coefficient (Wildman–Crippen LogP) is 2.72. The number of hydrogen-bond acceptors (Lipinski definition) is 7. The number of fused-ring (bicyclic) bond motifs is 2. The minimum atomic E-state index is -0.165. The van der Waals surface area contributed by atoms with Gasteiger partial charge in [-0.2, -0.15) is 0 Å². The number of nitrogens with one attached hydrogen (secondary N) is 2. The Hall–Kier alpha value is -2.84. The van der Waals surface area contributed by atoms with Crippen molar-refractivity contribution in [3.8, 4) is 5.75 Å². The van der Waals surface area contributed by atoms with Crippen LogP contribution in [0.25, 0.3) is 10.2 Å². The van der Waals surface area contributed by atoms with Gasteiger partial charge in [0.1, 0.15) is 22.1 Å². The van der Waals surface area contributed by atoms with Crippen molar-refractivity contribution in [2.24, 2.45) is 0 Å². The zero-order valence-electron chi connectivity index (χ0n) is 17.8. The lowest BCUT2D eigenvalue weighted by molar-refractivity contribution is 0.0920. The van der Waals surface area contributed by atoms with E-state index in [1.165, 1.54) is 17.0 Å². The number of amides is 1. The number of benzene rings is 1. The minimum absolute atomic E-state index is 0.0942. The van der Waals surface area contributed by atoms with Crippen LogP contribution >= 0.6 is 11.3 Å². The van der Waals surface area contributed by atoms with Gasteiger partial charge in [0.2, 0.25) is 0 Å². The molecule has 4 heterocycles. The third-order valence-corrected chi connectivity index (χ3v) is 7.18. The summed E-state index contributed by atoms with van der Waals surface area (Å²) in [5, 5.41) is 7.36. The van der Waals surface area contributed by atoms with Gasteiger partial charge in [0.25, 0.3) is 5.91 Å². The molecule has 1 saturated heterocycles. The summed E-state index contributed by atoms with van der Waals surface area (Å²) in [7, 11) is 0. The molecule has 2 aliphatic heterocycles. The van der Waals surface area contributed by atoms with E-state index in [0.29, 0.717) is 23.2 Å². The molecular weight excluding hydrogens is 410 g/mol. The lowest BCUT2D eigenvalue weighted by Crippen LogP contribution is -2.50. The van der Waals surface area contributed by atoms with Gasteiger partial charge < -0.3 is 26.0 Å². The normalized spacial score (nSPS) is 20.9. The summed E-state index contributed by atoms with van der Waals surface area (Å²) in [5.41, 5.74) is 9.95. The van der Waals surface area contributed by atoms with E-state index in [1.54, 1.807) is 0 Å². The molecule has 3 aromatic rings. The van der Waals surface area contributed by atoms with E-state index in [9.17, 15) is 4.79 Å². The van der Waals surface area contributed by atoms with Crippen LogP contribution in [0.2, 0.25) is 0 Å². The number of carbonyl (C=O) groups excluding carboxylic acids is 1. The van der Waals surface area contributed by atoms with Crippen molar-refractivity contribution < 1.29 is 9.53 Å². The van der Waals surface area contributed by atoms with Gasteiger partial charge in [-0.1, -0.05) is 6.07 Å². The van der Waals surface area contributed by atoms with Crippen LogP contribution in [0.4, 0.5) is 11.4 Å². The van der Waals surface area contributed by atoms with Crippen LogP contribution in [0.1, 0.15) is 27.9 Å². The first kappa shape index (κ1) is 20.1. The first-order valence-electron chi connectivity index (χ1n) is 10.7. The molecule has 0 spiro atoms. The van der Waals surface area contributed by atoms with Gasteiger partial charge in [0, 0.05) is 48.5 Å². The number of nitrogens with zero attached hydrogens (tertiary/aromatic N) is 2. The fourth-order valence-corrected chi connectivity index (χ4v) is 5.41. The molecule has 0 saturated carbocycles. The number of anilines is 2. The van der Waals surface area contributed by atoms with Gasteiger partial charge in [0.05, 0.1) is 11.7 Å². The summed E-state index contributed by atoms with van der Waals surface area (Å²) in [6.45, 7) is 7.58. The van der Waals surface area contributed by atoms with Crippen molar-refractivity contribution >= 4 is 38.8 Å². The van der Waals surface area contributed by atoms with Gasteiger partial charge in [0.15, 0.2) is 0 Å². The van der Waals surface area contributed by atoms with Gasteiger partial charge in [-0.05, 0) is 44.0 Å². The second-order valence-electron chi connectivity index (χ2n) is 8.37. The molecular formula is C23H27N5O2S. The standard InChI is InChI=1S/C23H27N5O2S/c1-13-3-6-18-20(24)21(31-23(18)26-13)22(29)27-16-9-15-4-5-17(10-19(15)30-12-16)28-8-7-25-11-14(28)2/h3-6,10,14,16,25H,7-9,11-12,24H2,1-2H3,(H,27,29)/t14-,16+/m0/s1. The highest BCUT2D eigenvalue weighted by atomic mass is 32.1. The number of aromatic nitrogens is 1. The first-order valence-corrected chi connectivity index (χ1v) is 11.5. The third-order valence-electron chi connectivity index (χ3n) is 6.06. The second kappa shape index (κ2) is 8.01. The maximum Gasteiger partial charge on any atom is 0.263 e. The first-order chi connectivity index (χ1) is 15.0. The highest BCUT2D eigenvalue weighted by Gasteiger charge is 2.26. The number of thiophene rings is 1. The quantitative estimate of drug-likeness (QED) is 0.584. The zero-order chi connectivity index (χ0) is 21.5. The van der Waals surface area contributed by atoms with Gasteiger partial charge in [-0.3, -0.25) is 4.79 Å². The van der Waals surface area contributed by atoms with E-state index in [1.807, 2.05) is 19.1 Å². The molecule has 7 nitrogen and oxygen atoms in total. The van der Waals surface area contributed by atoms with E-state index in [2.05, 4.69) is 45.6 Å². The van der Waals surface area contributed by atoms with E-state index in [-0.39, 0.29) is 11.9 Å². The smallest absolute Gasteiger partial charge is 0.263 e. The molecule has 0 aliphatic carbocycles. The summed E-state index contributed by atoms with van der Waals surface area (Å²) >= 11 is 1.34. The highest BCUT2D eigenvalue weighted by Crippen LogP contribution is 2.34. The minimum Gasteiger partial charge on any atom is -0.491 e. The molecule has 0 unspecified atom stereocenters. The highest BCUT2D eigenvalue weighted by molar-refractivity contribution is 7.21. The average Bonchev–Trinajstić information content (AvgIpc) is 3.09. The van der Waals surface area contributed by atoms with E-state index in [4.69, 9.17) is 10.5 Å². The maximum atomic E-state index is 12.9. The largest absolute Gasteiger partial charge is 0.491 e. The number of rotatable bonds is 3. The average molecular weight is 438 g/mol. The molecule has 4 N–H and O–H groups in total. The van der Waals surface area contributed by atoms with E-state index >= 15 is 0 Å². The summed E-state index contributed by atoms with van der Waals surface area (Å²) in [5.74, 6) is 0.747. The third kappa shape index (κ3) is 3.81. The Morgan fingerprint density at radius 1 is 1.35 bits per heavy atom. The molecule has 162 valence electrons. The molecule has 1 fully saturated rings. The summed E-state index contributed by atoms with van der Waals surface area (Å²) < 4.78 is 6.05. The number of nitrogens with two attached hydrogens (primary N) is 1. The van der Waals surface area contributed by atoms with Crippen molar-refractivity contribution in [3.05, 3.63) is 46.5 Å². The summed E-state index contributed by atoms with van der Waals surface area (Å²) in [4.78, 5) is 21.1. The van der Waals surface area contributed by atoms with Crippen LogP contribution in [0.5, 0.6) is 5.75 Å². The van der Waals surface area contributed by atoms with Gasteiger partial charge in [-0.25, -0.2) is 4.98 Å². The van der Waals surface area contributed by atoms with E-state index in [0.717, 1.165) is 53.3 Å². The molecule has 0 bridgehead atoms. The van der Waals surface area contributed by atoms with Crippen molar-refractivity contribution in [2.75, 3.05) is 36.9 Å². The summed E-state index contributed by atoms with van der Waals surface area (Å²) in [6, 6.07) is 10.6. The van der Waals surface area contributed by atoms with Gasteiger partial charge in [-0.15, -0.1) is 11.3 Å². The van der Waals surface area contributed by atoms with Crippen LogP contribution in [0.3, 0.4) is 0 Å². The fourth-order valence-electron chi connectivity index (χ4n) is 4.37. The number of carbonyl (C=O) groups is 1. The molecule has 2 atom stereocenters. The van der Waals surface area contributed by atoms with Gasteiger partial charge >= 0.3 is 0 Å². The Labute approximate surface area is 185 Å². The Kier molecular flexibility index (Phi) is 5.19. The van der Waals surface area contributed by atoms with Crippen molar-refractivity contribution in [2.45, 2.75) is 32.4 Å². The van der Waals surface area contributed by atoms with Crippen LogP contribution < -0.4 is 26.0 Å². The predicted molar refractivity (Wildman–Crippen MR) is 125 cm³/mol. The Morgan fingerprint density at radius 2 is 2.23 bits per heavy atom. The van der Waals surface area contributed by atoms with Crippen LogP contribution in [-0.4, -0.2) is 49.2 Å². The Morgan fingerprint density at radius 3 is 3.06 bits per heavy atom. The second-order valence-corrected chi connectivity index (χ2v) is 9.37. The van der Waals surface area contributed by atoms with E-state index < -0.39 is 0 Å². The molecule has 2 aromatic heterocycles. The number of hydrogen-bond donors (Lipinski definition) is 3. The lowest BCUT2D eigenvalue weighted by Gasteiger charge is -2.36. The number of piperazine rings is 1. The SMILES string of the molecule is Cc1ccc2c(N)c(C(=O)N[C@H]3COc4cc(N5CCNC[C@@H]5C)ccc4C3)sc2n1.